The lowest BCUT2D eigenvalue weighted by Crippen LogP contribution is -2.27. The van der Waals surface area contributed by atoms with E-state index < -0.39 is 10.0 Å². The van der Waals surface area contributed by atoms with E-state index in [4.69, 9.17) is 4.42 Å². The average Bonchev–Trinajstić information content (AvgIpc) is 3.34. The van der Waals surface area contributed by atoms with Crippen LogP contribution in [0.1, 0.15) is 25.5 Å². The fourth-order valence-corrected chi connectivity index (χ4v) is 5.02. The molecule has 26 heavy (non-hydrogen) atoms. The average molecular weight is 395 g/mol. The van der Waals surface area contributed by atoms with Gasteiger partial charge in [-0.1, -0.05) is 0 Å². The Morgan fingerprint density at radius 1 is 1.23 bits per heavy atom. The number of amides is 1. The molecule has 2 heterocycles. The molecule has 6 nitrogen and oxygen atoms in total. The smallest absolute Gasteiger partial charge is 0.243 e. The van der Waals surface area contributed by atoms with Crippen molar-refractivity contribution in [3.8, 4) is 0 Å². The zero-order chi connectivity index (χ0) is 18.6. The van der Waals surface area contributed by atoms with E-state index >= 15 is 0 Å². The molecule has 1 fully saturated rings. The number of hydrogen-bond acceptors (Lipinski definition) is 5. The zero-order valence-corrected chi connectivity index (χ0v) is 16.2. The van der Waals surface area contributed by atoms with Crippen molar-refractivity contribution in [2.24, 2.45) is 0 Å². The number of rotatable bonds is 7. The molecule has 1 aromatic heterocycles. The first-order valence-electron chi connectivity index (χ1n) is 8.52. The van der Waals surface area contributed by atoms with Gasteiger partial charge >= 0.3 is 0 Å². The normalized spacial score (nSPS) is 16.5. The van der Waals surface area contributed by atoms with E-state index in [0.29, 0.717) is 24.5 Å². The van der Waals surface area contributed by atoms with Crippen molar-refractivity contribution in [3.63, 3.8) is 0 Å². The summed E-state index contributed by atoms with van der Waals surface area (Å²) in [7, 11) is -3.43. The standard InChI is InChI=1S/C18H22N2O4S2/c1-14(25-13-16-5-4-12-24-16)18(21)19-15-6-8-17(9-7-15)26(22,23)20-10-2-3-11-20/h4-9,12,14H,2-3,10-11,13H2,1H3,(H,19,21)/t14-/m0/s1. The Hall–Kier alpha value is -1.77. The lowest BCUT2D eigenvalue weighted by Gasteiger charge is -2.16. The SMILES string of the molecule is C[C@H](SCc1ccco1)C(=O)Nc1ccc(S(=O)(=O)N2CCCC2)cc1. The maximum atomic E-state index is 12.5. The van der Waals surface area contributed by atoms with Gasteiger partial charge in [0.1, 0.15) is 5.76 Å². The molecule has 1 aliphatic rings. The lowest BCUT2D eigenvalue weighted by atomic mass is 10.3. The third kappa shape index (κ3) is 4.49. The van der Waals surface area contributed by atoms with E-state index in [1.54, 1.807) is 30.5 Å². The molecule has 0 aliphatic carbocycles. The fourth-order valence-electron chi connectivity index (χ4n) is 2.71. The van der Waals surface area contributed by atoms with Crippen LogP contribution in [0.15, 0.2) is 52.0 Å². The molecule has 3 rings (SSSR count). The third-order valence-corrected chi connectivity index (χ3v) is 7.33. The number of nitrogens with one attached hydrogen (secondary N) is 1. The largest absolute Gasteiger partial charge is 0.468 e. The monoisotopic (exact) mass is 394 g/mol. The summed E-state index contributed by atoms with van der Waals surface area (Å²) in [6, 6.07) is 10.0. The Kier molecular flexibility index (Phi) is 6.05. The molecule has 1 atom stereocenters. The minimum Gasteiger partial charge on any atom is -0.468 e. The van der Waals surface area contributed by atoms with E-state index in [0.717, 1.165) is 18.6 Å². The van der Waals surface area contributed by atoms with Crippen molar-refractivity contribution >= 4 is 33.4 Å². The minimum absolute atomic E-state index is 0.128. The third-order valence-electron chi connectivity index (χ3n) is 4.25. The molecule has 0 spiro atoms. The maximum Gasteiger partial charge on any atom is 0.243 e. The number of furan rings is 1. The molecule has 1 N–H and O–H groups in total. The summed E-state index contributed by atoms with van der Waals surface area (Å²) in [5.41, 5.74) is 0.584. The number of hydrogen-bond donors (Lipinski definition) is 1. The highest BCUT2D eigenvalue weighted by atomic mass is 32.2. The molecular formula is C18H22N2O4S2. The molecule has 1 saturated heterocycles. The van der Waals surface area contributed by atoms with E-state index in [9.17, 15) is 13.2 Å². The summed E-state index contributed by atoms with van der Waals surface area (Å²) in [6.45, 7) is 2.98. The highest BCUT2D eigenvalue weighted by molar-refractivity contribution is 7.99. The Morgan fingerprint density at radius 3 is 2.54 bits per heavy atom. The van der Waals surface area contributed by atoms with Gasteiger partial charge in [-0.3, -0.25) is 4.79 Å². The molecule has 8 heteroatoms. The van der Waals surface area contributed by atoms with Crippen molar-refractivity contribution < 1.29 is 17.6 Å². The summed E-state index contributed by atoms with van der Waals surface area (Å²) in [4.78, 5) is 12.5. The van der Waals surface area contributed by atoms with Crippen LogP contribution in [-0.2, 0) is 20.6 Å². The molecule has 0 saturated carbocycles. The van der Waals surface area contributed by atoms with Crippen LogP contribution in [0.4, 0.5) is 5.69 Å². The second-order valence-electron chi connectivity index (χ2n) is 6.16. The predicted molar refractivity (Wildman–Crippen MR) is 103 cm³/mol. The minimum atomic E-state index is -3.43. The first-order chi connectivity index (χ1) is 12.5. The van der Waals surface area contributed by atoms with Gasteiger partial charge in [-0.25, -0.2) is 8.42 Å². The van der Waals surface area contributed by atoms with Gasteiger partial charge in [-0.2, -0.15) is 4.31 Å². The second-order valence-corrected chi connectivity index (χ2v) is 9.42. The molecule has 1 aliphatic heterocycles. The highest BCUT2D eigenvalue weighted by Crippen LogP contribution is 2.23. The Labute approximate surface area is 158 Å². The zero-order valence-electron chi connectivity index (χ0n) is 14.6. The van der Waals surface area contributed by atoms with Crippen molar-refractivity contribution in [3.05, 3.63) is 48.4 Å². The Balaban J connectivity index is 1.57. The van der Waals surface area contributed by atoms with Gasteiger partial charge in [0, 0.05) is 18.8 Å². The fraction of sp³-hybridized carbons (Fsp3) is 0.389. The molecule has 2 aromatic rings. The van der Waals surface area contributed by atoms with E-state index in [1.807, 2.05) is 19.1 Å². The number of anilines is 1. The summed E-state index contributed by atoms with van der Waals surface area (Å²) in [5.74, 6) is 1.32. The summed E-state index contributed by atoms with van der Waals surface area (Å²) in [5, 5.41) is 2.56. The molecule has 140 valence electrons. The molecule has 1 amide bonds. The van der Waals surface area contributed by atoms with Gasteiger partial charge in [0.15, 0.2) is 0 Å². The van der Waals surface area contributed by atoms with Crippen LogP contribution in [0, 0.1) is 0 Å². The Morgan fingerprint density at radius 2 is 1.92 bits per heavy atom. The Bertz CT molecular complexity index is 827. The number of carbonyl (C=O) groups excluding carboxylic acids is 1. The number of thioether (sulfide) groups is 1. The van der Waals surface area contributed by atoms with Gasteiger partial charge < -0.3 is 9.73 Å². The number of sulfonamides is 1. The molecule has 1 aromatic carbocycles. The van der Waals surface area contributed by atoms with Crippen LogP contribution in [-0.4, -0.2) is 37.0 Å². The second kappa shape index (κ2) is 8.28. The van der Waals surface area contributed by atoms with E-state index in [-0.39, 0.29) is 16.1 Å². The van der Waals surface area contributed by atoms with Gasteiger partial charge in [0.05, 0.1) is 22.2 Å². The van der Waals surface area contributed by atoms with Crippen LogP contribution in [0.25, 0.3) is 0 Å². The molecule has 0 radical (unpaired) electrons. The number of nitrogens with zero attached hydrogens (tertiary/aromatic N) is 1. The quantitative estimate of drug-likeness (QED) is 0.779. The lowest BCUT2D eigenvalue weighted by molar-refractivity contribution is -0.115. The highest BCUT2D eigenvalue weighted by Gasteiger charge is 2.27. The molecule has 0 bridgehead atoms. The van der Waals surface area contributed by atoms with Crippen molar-refractivity contribution in [2.45, 2.75) is 35.7 Å². The first kappa shape index (κ1) is 19.0. The van der Waals surface area contributed by atoms with Crippen LogP contribution in [0.5, 0.6) is 0 Å². The van der Waals surface area contributed by atoms with Crippen LogP contribution >= 0.6 is 11.8 Å². The van der Waals surface area contributed by atoms with Gasteiger partial charge in [-0.15, -0.1) is 11.8 Å². The number of benzene rings is 1. The molecular weight excluding hydrogens is 372 g/mol. The topological polar surface area (TPSA) is 79.6 Å². The maximum absolute atomic E-state index is 12.5. The molecule has 0 unspecified atom stereocenters. The first-order valence-corrected chi connectivity index (χ1v) is 11.0. The van der Waals surface area contributed by atoms with Gasteiger partial charge in [0.2, 0.25) is 15.9 Å². The van der Waals surface area contributed by atoms with E-state index in [2.05, 4.69) is 5.32 Å². The van der Waals surface area contributed by atoms with Crippen molar-refractivity contribution in [1.82, 2.24) is 4.31 Å². The summed E-state index contributed by atoms with van der Waals surface area (Å²) in [6.07, 6.45) is 3.42. The van der Waals surface area contributed by atoms with Crippen LogP contribution in [0.3, 0.4) is 0 Å². The van der Waals surface area contributed by atoms with Crippen molar-refractivity contribution in [1.29, 1.82) is 0 Å². The van der Waals surface area contributed by atoms with E-state index in [1.165, 1.54) is 16.1 Å². The summed E-state index contributed by atoms with van der Waals surface area (Å²) < 4.78 is 31.8. The van der Waals surface area contributed by atoms with Crippen LogP contribution < -0.4 is 5.32 Å². The number of carbonyl (C=O) groups is 1. The summed E-state index contributed by atoms with van der Waals surface area (Å²) >= 11 is 1.48. The van der Waals surface area contributed by atoms with Crippen molar-refractivity contribution in [2.75, 3.05) is 18.4 Å². The van der Waals surface area contributed by atoms with Gasteiger partial charge in [-0.05, 0) is 56.2 Å². The predicted octanol–water partition coefficient (Wildman–Crippen LogP) is 3.32. The van der Waals surface area contributed by atoms with Crippen LogP contribution in [0.2, 0.25) is 0 Å². The van der Waals surface area contributed by atoms with Gasteiger partial charge in [0.25, 0.3) is 0 Å².